The number of nitrogens with two attached hydrogens (primary N) is 1. The lowest BCUT2D eigenvalue weighted by Crippen LogP contribution is -2.31. The molecule has 2 N–H and O–H groups in total. The maximum Gasteiger partial charge on any atom is 0.223 e. The highest BCUT2D eigenvalue weighted by molar-refractivity contribution is 5.78. The van der Waals surface area contributed by atoms with Gasteiger partial charge in [-0.3, -0.25) is 4.79 Å². The molecule has 1 amide bonds. The molecule has 4 rings (SSSR count). The van der Waals surface area contributed by atoms with Gasteiger partial charge in [-0.15, -0.1) is 0 Å². The fourth-order valence-electron chi connectivity index (χ4n) is 4.05. The van der Waals surface area contributed by atoms with Gasteiger partial charge in [0.25, 0.3) is 0 Å². The predicted octanol–water partition coefficient (Wildman–Crippen LogP) is 4.17. The van der Waals surface area contributed by atoms with Crippen molar-refractivity contribution in [1.82, 2.24) is 14.9 Å². The number of likely N-dealkylation sites (tertiary alicyclic amines) is 1. The van der Waals surface area contributed by atoms with Crippen LogP contribution in [0.1, 0.15) is 36.6 Å². The third-order valence-electron chi connectivity index (χ3n) is 5.67. The van der Waals surface area contributed by atoms with Crippen LogP contribution >= 0.6 is 0 Å². The van der Waals surface area contributed by atoms with E-state index in [-0.39, 0.29) is 23.7 Å². The third-order valence-corrected chi connectivity index (χ3v) is 5.67. The molecule has 6 nitrogen and oxygen atoms in total. The Morgan fingerprint density at radius 2 is 1.94 bits per heavy atom. The molecular formula is C24H25FN4O2. The van der Waals surface area contributed by atoms with E-state index in [4.69, 9.17) is 10.5 Å². The van der Waals surface area contributed by atoms with Crippen molar-refractivity contribution in [3.05, 3.63) is 71.8 Å². The number of methoxy groups -OCH3 is 1. The van der Waals surface area contributed by atoms with Crippen LogP contribution in [0, 0.1) is 5.82 Å². The summed E-state index contributed by atoms with van der Waals surface area (Å²) in [6.45, 7) is 0.679. The number of nitrogen functional groups attached to an aromatic ring is 1. The van der Waals surface area contributed by atoms with Crippen molar-refractivity contribution in [2.45, 2.75) is 31.7 Å². The van der Waals surface area contributed by atoms with Gasteiger partial charge in [0.05, 0.1) is 18.8 Å². The van der Waals surface area contributed by atoms with E-state index in [1.54, 1.807) is 25.4 Å². The molecule has 7 heteroatoms. The molecule has 0 spiro atoms. The maximum absolute atomic E-state index is 13.4. The minimum absolute atomic E-state index is 0.0838. The van der Waals surface area contributed by atoms with Gasteiger partial charge < -0.3 is 15.4 Å². The Bertz CT molecular complexity index is 1050. The molecule has 2 heterocycles. The van der Waals surface area contributed by atoms with Crippen molar-refractivity contribution in [2.75, 3.05) is 19.4 Å². The first-order chi connectivity index (χ1) is 15.0. The van der Waals surface area contributed by atoms with Gasteiger partial charge in [0.1, 0.15) is 11.6 Å². The van der Waals surface area contributed by atoms with Crippen LogP contribution in [0.3, 0.4) is 0 Å². The Kier molecular flexibility index (Phi) is 6.11. The lowest BCUT2D eigenvalue weighted by molar-refractivity contribution is -0.132. The fourth-order valence-corrected chi connectivity index (χ4v) is 4.05. The van der Waals surface area contributed by atoms with Crippen LogP contribution in [0.4, 0.5) is 10.3 Å². The van der Waals surface area contributed by atoms with Crippen molar-refractivity contribution in [3.8, 4) is 16.9 Å². The number of nitrogens with zero attached hydrogens (tertiary/aromatic N) is 3. The second-order valence-electron chi connectivity index (χ2n) is 7.63. The molecule has 0 radical (unpaired) electrons. The first-order valence-electron chi connectivity index (χ1n) is 10.4. The number of aromatic nitrogens is 2. The van der Waals surface area contributed by atoms with Gasteiger partial charge in [-0.2, -0.15) is 0 Å². The molecule has 1 atom stereocenters. The number of aryl methyl sites for hydroxylation is 1. The van der Waals surface area contributed by atoms with E-state index < -0.39 is 0 Å². The standard InChI is InChI=1S/C24H25FN4O2/c1-31-19-11-4-16(5-12-19)6-13-22(30)29-14-2-3-21(29)23-20(15-27-24(26)28-23)17-7-9-18(25)10-8-17/h4-5,7-12,15,21H,2-3,6,13-14H2,1H3,(H2,26,27,28)/t21-/m0/s1. The number of hydrogen-bond acceptors (Lipinski definition) is 5. The number of hydrogen-bond donors (Lipinski definition) is 1. The lowest BCUT2D eigenvalue weighted by Gasteiger charge is -2.26. The van der Waals surface area contributed by atoms with Crippen LogP contribution in [-0.4, -0.2) is 34.4 Å². The average molecular weight is 420 g/mol. The Labute approximate surface area is 180 Å². The van der Waals surface area contributed by atoms with Crippen LogP contribution in [0.15, 0.2) is 54.7 Å². The minimum Gasteiger partial charge on any atom is -0.497 e. The molecule has 3 aromatic rings. The Balaban J connectivity index is 1.54. The van der Waals surface area contributed by atoms with E-state index in [1.807, 2.05) is 29.2 Å². The first-order valence-corrected chi connectivity index (χ1v) is 10.4. The Morgan fingerprint density at radius 3 is 2.65 bits per heavy atom. The van der Waals surface area contributed by atoms with Crippen molar-refractivity contribution in [1.29, 1.82) is 0 Å². The highest BCUT2D eigenvalue weighted by atomic mass is 19.1. The van der Waals surface area contributed by atoms with Crippen molar-refractivity contribution >= 4 is 11.9 Å². The Morgan fingerprint density at radius 1 is 1.19 bits per heavy atom. The second-order valence-corrected chi connectivity index (χ2v) is 7.63. The quantitative estimate of drug-likeness (QED) is 0.647. The Hall–Kier alpha value is -3.48. The van der Waals surface area contributed by atoms with E-state index >= 15 is 0 Å². The molecule has 0 unspecified atom stereocenters. The first kappa shape index (κ1) is 20.8. The summed E-state index contributed by atoms with van der Waals surface area (Å²) in [4.78, 5) is 23.6. The molecule has 0 bridgehead atoms. The minimum atomic E-state index is -0.308. The molecule has 160 valence electrons. The zero-order valence-electron chi connectivity index (χ0n) is 17.4. The highest BCUT2D eigenvalue weighted by Crippen LogP contribution is 2.37. The van der Waals surface area contributed by atoms with E-state index in [0.717, 1.165) is 41.0 Å². The van der Waals surface area contributed by atoms with Gasteiger partial charge in [0, 0.05) is 24.7 Å². The van der Waals surface area contributed by atoms with Crippen LogP contribution in [0.25, 0.3) is 11.1 Å². The van der Waals surface area contributed by atoms with Gasteiger partial charge in [0.2, 0.25) is 11.9 Å². The number of carbonyl (C=O) groups is 1. The summed E-state index contributed by atoms with van der Waals surface area (Å²) in [6.07, 6.45) is 4.42. The summed E-state index contributed by atoms with van der Waals surface area (Å²) < 4.78 is 18.6. The van der Waals surface area contributed by atoms with E-state index in [9.17, 15) is 9.18 Å². The van der Waals surface area contributed by atoms with Crippen LogP contribution in [0.5, 0.6) is 5.75 Å². The summed E-state index contributed by atoms with van der Waals surface area (Å²) in [7, 11) is 1.63. The zero-order valence-corrected chi connectivity index (χ0v) is 17.4. The predicted molar refractivity (Wildman–Crippen MR) is 117 cm³/mol. The van der Waals surface area contributed by atoms with Crippen LogP contribution in [0.2, 0.25) is 0 Å². The van der Waals surface area contributed by atoms with Crippen LogP contribution < -0.4 is 10.5 Å². The molecule has 1 aromatic heterocycles. The smallest absolute Gasteiger partial charge is 0.223 e. The number of amides is 1. The number of rotatable bonds is 6. The van der Waals surface area contributed by atoms with Crippen LogP contribution in [-0.2, 0) is 11.2 Å². The topological polar surface area (TPSA) is 81.3 Å². The van der Waals surface area contributed by atoms with Gasteiger partial charge in [-0.1, -0.05) is 24.3 Å². The van der Waals surface area contributed by atoms with Gasteiger partial charge >= 0.3 is 0 Å². The molecule has 1 aliphatic heterocycles. The molecule has 1 saturated heterocycles. The maximum atomic E-state index is 13.4. The molecule has 0 saturated carbocycles. The van der Waals surface area contributed by atoms with Gasteiger partial charge in [0.15, 0.2) is 0 Å². The largest absolute Gasteiger partial charge is 0.497 e. The summed E-state index contributed by atoms with van der Waals surface area (Å²) in [5, 5.41) is 0. The molecule has 0 aliphatic carbocycles. The van der Waals surface area contributed by atoms with Gasteiger partial charge in [-0.05, 0) is 54.7 Å². The molecule has 2 aromatic carbocycles. The SMILES string of the molecule is COc1ccc(CCC(=O)N2CCC[C@H]2c2nc(N)ncc2-c2ccc(F)cc2)cc1. The third kappa shape index (κ3) is 4.66. The van der Waals surface area contributed by atoms with Gasteiger partial charge in [-0.25, -0.2) is 14.4 Å². The fraction of sp³-hybridized carbons (Fsp3) is 0.292. The van der Waals surface area contributed by atoms with Crippen molar-refractivity contribution in [2.24, 2.45) is 0 Å². The van der Waals surface area contributed by atoms with E-state index in [2.05, 4.69) is 9.97 Å². The number of anilines is 1. The monoisotopic (exact) mass is 420 g/mol. The zero-order chi connectivity index (χ0) is 21.8. The average Bonchev–Trinajstić information content (AvgIpc) is 3.28. The lowest BCUT2D eigenvalue weighted by atomic mass is 9.99. The number of ether oxygens (including phenoxy) is 1. The summed E-state index contributed by atoms with van der Waals surface area (Å²) >= 11 is 0. The number of halogens is 1. The molecule has 1 fully saturated rings. The van der Waals surface area contributed by atoms with Crippen molar-refractivity contribution in [3.63, 3.8) is 0 Å². The molecule has 1 aliphatic rings. The van der Waals surface area contributed by atoms with E-state index in [1.165, 1.54) is 12.1 Å². The summed E-state index contributed by atoms with van der Waals surface area (Å²) in [5.74, 6) is 0.737. The number of carbonyl (C=O) groups excluding carboxylic acids is 1. The van der Waals surface area contributed by atoms with Crippen molar-refractivity contribution < 1.29 is 13.9 Å². The number of benzene rings is 2. The molecular weight excluding hydrogens is 395 g/mol. The second kappa shape index (κ2) is 9.12. The summed E-state index contributed by atoms with van der Waals surface area (Å²) in [6, 6.07) is 13.8. The highest BCUT2D eigenvalue weighted by Gasteiger charge is 2.32. The molecule has 31 heavy (non-hydrogen) atoms. The normalized spacial score (nSPS) is 15.8. The summed E-state index contributed by atoms with van der Waals surface area (Å²) in [5.41, 5.74) is 9.26. The van der Waals surface area contributed by atoms with E-state index in [0.29, 0.717) is 19.4 Å².